The molecule has 1 aliphatic heterocycles. The van der Waals surface area contributed by atoms with Gasteiger partial charge in [0.25, 0.3) is 0 Å². The van der Waals surface area contributed by atoms with Crippen molar-refractivity contribution in [3.05, 3.63) is 29.3 Å². The molecule has 0 aliphatic carbocycles. The summed E-state index contributed by atoms with van der Waals surface area (Å²) in [4.78, 5) is 4.96. The number of hydrogen-bond donors (Lipinski definition) is 2. The number of hydrogen-bond acceptors (Lipinski definition) is 3. The first-order valence-electron chi connectivity index (χ1n) is 9.82. The summed E-state index contributed by atoms with van der Waals surface area (Å²) in [6.45, 7) is 11.7. The Labute approximate surface area is 158 Å². The van der Waals surface area contributed by atoms with E-state index < -0.39 is 0 Å². The van der Waals surface area contributed by atoms with Crippen molar-refractivity contribution in [2.75, 3.05) is 33.4 Å². The molecule has 1 unspecified atom stereocenters. The van der Waals surface area contributed by atoms with Crippen LogP contribution in [0.5, 0.6) is 5.75 Å². The zero-order valence-electron chi connectivity index (χ0n) is 17.0. The molecule has 1 aromatic carbocycles. The molecule has 5 nitrogen and oxygen atoms in total. The van der Waals surface area contributed by atoms with Crippen LogP contribution < -0.4 is 15.4 Å². The number of methoxy groups -OCH3 is 1. The van der Waals surface area contributed by atoms with Gasteiger partial charge in [-0.2, -0.15) is 0 Å². The molecule has 0 radical (unpaired) electrons. The number of guanidine groups is 1. The van der Waals surface area contributed by atoms with Gasteiger partial charge < -0.3 is 20.1 Å². The van der Waals surface area contributed by atoms with Crippen molar-refractivity contribution in [1.82, 2.24) is 10.6 Å². The van der Waals surface area contributed by atoms with Crippen LogP contribution in [-0.2, 0) is 10.2 Å². The topological polar surface area (TPSA) is 54.9 Å². The quantitative estimate of drug-likeness (QED) is 0.577. The summed E-state index contributed by atoms with van der Waals surface area (Å²) in [6, 6.07) is 6.84. The van der Waals surface area contributed by atoms with Crippen LogP contribution in [0.25, 0.3) is 0 Å². The summed E-state index contributed by atoms with van der Waals surface area (Å²) in [6.07, 6.45) is 2.98. The van der Waals surface area contributed by atoms with Gasteiger partial charge in [-0.05, 0) is 46.1 Å². The van der Waals surface area contributed by atoms with Crippen LogP contribution in [-0.4, -0.2) is 45.4 Å². The smallest absolute Gasteiger partial charge is 0.191 e. The molecular formula is C21H35N3O2. The molecule has 1 aromatic rings. The van der Waals surface area contributed by atoms with Gasteiger partial charge in [-0.3, -0.25) is 4.99 Å². The van der Waals surface area contributed by atoms with E-state index in [1.807, 2.05) is 0 Å². The van der Waals surface area contributed by atoms with Crippen LogP contribution in [0.1, 0.15) is 51.2 Å². The molecule has 26 heavy (non-hydrogen) atoms. The Kier molecular flexibility index (Phi) is 7.76. The number of rotatable bonds is 7. The summed E-state index contributed by atoms with van der Waals surface area (Å²) in [5, 5.41) is 6.86. The molecule has 0 amide bonds. The van der Waals surface area contributed by atoms with E-state index in [0.29, 0.717) is 6.04 Å². The molecule has 146 valence electrons. The number of aryl methyl sites for hydroxylation is 1. The molecule has 2 rings (SSSR count). The lowest BCUT2D eigenvalue weighted by atomic mass is 9.73. The summed E-state index contributed by atoms with van der Waals surface area (Å²) >= 11 is 0. The highest BCUT2D eigenvalue weighted by atomic mass is 16.5. The highest BCUT2D eigenvalue weighted by molar-refractivity contribution is 5.80. The SMILES string of the molecule is CCNC(=NCC1(c2cc(C)ccc2OC)CCOCC1)NC(C)CC. The Hall–Kier alpha value is -1.75. The number of ether oxygens (including phenoxy) is 2. The van der Waals surface area contributed by atoms with Crippen LogP contribution in [0.3, 0.4) is 0 Å². The van der Waals surface area contributed by atoms with E-state index in [1.165, 1.54) is 11.1 Å². The monoisotopic (exact) mass is 361 g/mol. The third kappa shape index (κ3) is 5.13. The fourth-order valence-corrected chi connectivity index (χ4v) is 3.40. The van der Waals surface area contributed by atoms with Gasteiger partial charge in [-0.25, -0.2) is 0 Å². The van der Waals surface area contributed by atoms with Gasteiger partial charge in [0.1, 0.15) is 5.75 Å². The van der Waals surface area contributed by atoms with E-state index >= 15 is 0 Å². The Morgan fingerprint density at radius 1 is 1.31 bits per heavy atom. The zero-order valence-corrected chi connectivity index (χ0v) is 17.0. The predicted molar refractivity (Wildman–Crippen MR) is 108 cm³/mol. The maximum Gasteiger partial charge on any atom is 0.191 e. The van der Waals surface area contributed by atoms with Crippen LogP contribution >= 0.6 is 0 Å². The van der Waals surface area contributed by atoms with Crippen LogP contribution in [0.4, 0.5) is 0 Å². The molecule has 1 atom stereocenters. The Bertz CT molecular complexity index is 595. The predicted octanol–water partition coefficient (Wildman–Crippen LogP) is 3.41. The van der Waals surface area contributed by atoms with Crippen LogP contribution in [0, 0.1) is 6.92 Å². The molecule has 0 saturated carbocycles. The van der Waals surface area contributed by atoms with Crippen LogP contribution in [0.15, 0.2) is 23.2 Å². The van der Waals surface area contributed by atoms with Crippen molar-refractivity contribution < 1.29 is 9.47 Å². The van der Waals surface area contributed by atoms with Crippen molar-refractivity contribution in [2.24, 2.45) is 4.99 Å². The second kappa shape index (κ2) is 9.81. The minimum absolute atomic E-state index is 0.0482. The average Bonchev–Trinajstić information content (AvgIpc) is 2.67. The third-order valence-corrected chi connectivity index (χ3v) is 5.26. The molecule has 2 N–H and O–H groups in total. The van der Waals surface area contributed by atoms with Crippen molar-refractivity contribution >= 4 is 5.96 Å². The lowest BCUT2D eigenvalue weighted by Crippen LogP contribution is -2.44. The lowest BCUT2D eigenvalue weighted by molar-refractivity contribution is 0.0522. The molecule has 0 bridgehead atoms. The normalized spacial score (nSPS) is 18.3. The first-order valence-corrected chi connectivity index (χ1v) is 9.82. The number of nitrogens with one attached hydrogen (secondary N) is 2. The van der Waals surface area contributed by atoms with Gasteiger partial charge in [-0.1, -0.05) is 24.6 Å². The standard InChI is InChI=1S/C21H35N3O2/c1-6-17(4)24-20(22-7-2)23-15-21(10-12-26-13-11-21)18-14-16(3)8-9-19(18)25-5/h8-9,14,17H,6-7,10-13,15H2,1-5H3,(H2,22,23,24). The number of aliphatic imine (C=N–C) groups is 1. The highest BCUT2D eigenvalue weighted by Crippen LogP contribution is 2.40. The number of benzene rings is 1. The van der Waals surface area contributed by atoms with E-state index in [-0.39, 0.29) is 5.41 Å². The van der Waals surface area contributed by atoms with Crippen molar-refractivity contribution in [1.29, 1.82) is 0 Å². The van der Waals surface area contributed by atoms with Gasteiger partial charge in [0, 0.05) is 36.8 Å². The lowest BCUT2D eigenvalue weighted by Gasteiger charge is -2.37. The fourth-order valence-electron chi connectivity index (χ4n) is 3.40. The molecule has 5 heteroatoms. The largest absolute Gasteiger partial charge is 0.496 e. The van der Waals surface area contributed by atoms with E-state index in [9.17, 15) is 0 Å². The second-order valence-corrected chi connectivity index (χ2v) is 7.25. The van der Waals surface area contributed by atoms with E-state index in [2.05, 4.69) is 56.5 Å². The van der Waals surface area contributed by atoms with Crippen molar-refractivity contribution in [3.63, 3.8) is 0 Å². The summed E-state index contributed by atoms with van der Waals surface area (Å²) < 4.78 is 11.4. The third-order valence-electron chi connectivity index (χ3n) is 5.26. The summed E-state index contributed by atoms with van der Waals surface area (Å²) in [7, 11) is 1.75. The molecule has 0 aromatic heterocycles. The zero-order chi connectivity index (χ0) is 19.0. The number of nitrogens with zero attached hydrogens (tertiary/aromatic N) is 1. The van der Waals surface area contributed by atoms with E-state index in [4.69, 9.17) is 14.5 Å². The first kappa shape index (κ1) is 20.6. The highest BCUT2D eigenvalue weighted by Gasteiger charge is 2.37. The molecule has 1 saturated heterocycles. The maximum atomic E-state index is 5.69. The second-order valence-electron chi connectivity index (χ2n) is 7.25. The molecule has 0 spiro atoms. The van der Waals surface area contributed by atoms with Crippen LogP contribution in [0.2, 0.25) is 0 Å². The van der Waals surface area contributed by atoms with Gasteiger partial charge in [0.05, 0.1) is 13.7 Å². The van der Waals surface area contributed by atoms with E-state index in [0.717, 1.165) is 57.3 Å². The molecule has 1 fully saturated rings. The van der Waals surface area contributed by atoms with Gasteiger partial charge in [0.2, 0.25) is 0 Å². The van der Waals surface area contributed by atoms with Crippen molar-refractivity contribution in [3.8, 4) is 5.75 Å². The first-order chi connectivity index (χ1) is 12.5. The average molecular weight is 362 g/mol. The van der Waals surface area contributed by atoms with Gasteiger partial charge >= 0.3 is 0 Å². The Morgan fingerprint density at radius 2 is 2.04 bits per heavy atom. The van der Waals surface area contributed by atoms with E-state index in [1.54, 1.807) is 7.11 Å². The minimum Gasteiger partial charge on any atom is -0.496 e. The minimum atomic E-state index is -0.0482. The summed E-state index contributed by atoms with van der Waals surface area (Å²) in [5.41, 5.74) is 2.46. The molecule has 1 heterocycles. The Morgan fingerprint density at radius 3 is 2.65 bits per heavy atom. The fraction of sp³-hybridized carbons (Fsp3) is 0.667. The molecule has 1 aliphatic rings. The van der Waals surface area contributed by atoms with Gasteiger partial charge in [-0.15, -0.1) is 0 Å². The maximum absolute atomic E-state index is 5.69. The molecular weight excluding hydrogens is 326 g/mol. The Balaban J connectivity index is 2.34. The van der Waals surface area contributed by atoms with Crippen molar-refractivity contribution in [2.45, 2.75) is 58.4 Å². The van der Waals surface area contributed by atoms with Gasteiger partial charge in [0.15, 0.2) is 5.96 Å². The summed E-state index contributed by atoms with van der Waals surface area (Å²) in [5.74, 6) is 1.84.